The Morgan fingerprint density at radius 3 is 2.97 bits per heavy atom. The second-order valence-corrected chi connectivity index (χ2v) is 6.95. The van der Waals surface area contributed by atoms with E-state index < -0.39 is 12.5 Å². The maximum absolute atomic E-state index is 13.2. The van der Waals surface area contributed by atoms with Gasteiger partial charge in [-0.3, -0.25) is 5.10 Å². The maximum Gasteiger partial charge on any atom is 0.280 e. The molecule has 31 heavy (non-hydrogen) atoms. The number of fused-ring (bicyclic) bond motifs is 1. The van der Waals surface area contributed by atoms with E-state index in [0.29, 0.717) is 53.9 Å². The molecule has 4 aromatic heterocycles. The first-order chi connectivity index (χ1) is 15.1. The molecule has 1 N–H and O–H groups in total. The van der Waals surface area contributed by atoms with E-state index in [1.807, 2.05) is 4.90 Å². The van der Waals surface area contributed by atoms with Crippen LogP contribution in [0.4, 0.5) is 20.3 Å². The third-order valence-electron chi connectivity index (χ3n) is 5.14. The summed E-state index contributed by atoms with van der Waals surface area (Å²) in [5.41, 5.74) is 1.94. The van der Waals surface area contributed by atoms with Crippen LogP contribution in [-0.4, -0.2) is 49.2 Å². The van der Waals surface area contributed by atoms with Crippen LogP contribution in [0.15, 0.2) is 43.0 Å². The molecule has 11 heteroatoms. The molecule has 5 heterocycles. The van der Waals surface area contributed by atoms with Crippen molar-refractivity contribution in [3.63, 3.8) is 0 Å². The van der Waals surface area contributed by atoms with Crippen molar-refractivity contribution in [2.75, 3.05) is 24.6 Å². The largest absolute Gasteiger partial charge is 0.370 e. The number of anilines is 1. The van der Waals surface area contributed by atoms with Gasteiger partial charge in [-0.2, -0.15) is 5.10 Å². The lowest BCUT2D eigenvalue weighted by molar-refractivity contribution is 0.0359. The lowest BCUT2D eigenvalue weighted by atomic mass is 10.1. The summed E-state index contributed by atoms with van der Waals surface area (Å²) in [5, 5.41) is 6.10. The Balaban J connectivity index is 1.45. The number of nitrogens with one attached hydrogen (secondary N) is 1. The Labute approximate surface area is 175 Å². The molecule has 1 aliphatic rings. The van der Waals surface area contributed by atoms with Gasteiger partial charge in [-0.15, -0.1) is 0 Å². The van der Waals surface area contributed by atoms with Gasteiger partial charge < -0.3 is 14.0 Å². The van der Waals surface area contributed by atoms with Crippen molar-refractivity contribution in [1.29, 1.82) is 0 Å². The zero-order valence-corrected chi connectivity index (χ0v) is 16.1. The van der Waals surface area contributed by atoms with Crippen LogP contribution < -0.4 is 4.90 Å². The van der Waals surface area contributed by atoms with Crippen LogP contribution in [0.1, 0.15) is 23.8 Å². The van der Waals surface area contributed by atoms with Gasteiger partial charge >= 0.3 is 0 Å². The summed E-state index contributed by atoms with van der Waals surface area (Å²) in [4.78, 5) is 18.8. The van der Waals surface area contributed by atoms with Gasteiger partial charge in [-0.1, -0.05) is 6.07 Å². The molecule has 0 spiro atoms. The quantitative estimate of drug-likeness (QED) is 0.506. The summed E-state index contributed by atoms with van der Waals surface area (Å²) in [7, 11) is 0. The fourth-order valence-corrected chi connectivity index (χ4v) is 3.63. The highest BCUT2D eigenvalue weighted by molar-refractivity contribution is 5.61. The van der Waals surface area contributed by atoms with Gasteiger partial charge in [0.25, 0.3) is 6.43 Å². The van der Waals surface area contributed by atoms with E-state index in [4.69, 9.17) is 11.3 Å². The molecule has 0 aromatic carbocycles. The molecule has 0 aliphatic carbocycles. The molecule has 1 fully saturated rings. The highest BCUT2D eigenvalue weighted by Gasteiger charge is 2.29. The van der Waals surface area contributed by atoms with E-state index >= 15 is 0 Å². The van der Waals surface area contributed by atoms with E-state index in [9.17, 15) is 8.78 Å². The molecule has 0 saturated carbocycles. The first kappa shape index (κ1) is 19.1. The molecule has 1 atom stereocenters. The van der Waals surface area contributed by atoms with Crippen LogP contribution in [0, 0.1) is 6.57 Å². The van der Waals surface area contributed by atoms with E-state index in [-0.39, 0.29) is 5.69 Å². The van der Waals surface area contributed by atoms with Crippen LogP contribution in [0.2, 0.25) is 0 Å². The number of ether oxygens (including phenoxy) is 1. The molecule has 1 unspecified atom stereocenters. The lowest BCUT2D eigenvalue weighted by Gasteiger charge is -2.33. The lowest BCUT2D eigenvalue weighted by Crippen LogP contribution is -2.39. The molecule has 0 radical (unpaired) electrons. The van der Waals surface area contributed by atoms with Gasteiger partial charge in [0.05, 0.1) is 25.6 Å². The average molecular weight is 422 g/mol. The second kappa shape index (κ2) is 7.73. The minimum atomic E-state index is -2.65. The number of alkyl halides is 2. The van der Waals surface area contributed by atoms with Gasteiger partial charge in [0.2, 0.25) is 5.69 Å². The maximum atomic E-state index is 13.2. The predicted octanol–water partition coefficient (Wildman–Crippen LogP) is 3.58. The van der Waals surface area contributed by atoms with E-state index in [0.717, 1.165) is 0 Å². The van der Waals surface area contributed by atoms with Crippen molar-refractivity contribution in [2.24, 2.45) is 0 Å². The predicted molar refractivity (Wildman–Crippen MR) is 107 cm³/mol. The zero-order valence-electron chi connectivity index (χ0n) is 16.1. The number of H-pyrrole nitrogens is 1. The van der Waals surface area contributed by atoms with Gasteiger partial charge in [0.15, 0.2) is 5.82 Å². The molecule has 1 saturated heterocycles. The van der Waals surface area contributed by atoms with Crippen LogP contribution in [0.5, 0.6) is 0 Å². The number of rotatable bonds is 4. The molecule has 4 aromatic rings. The van der Waals surface area contributed by atoms with Crippen LogP contribution in [0.3, 0.4) is 0 Å². The third kappa shape index (κ3) is 3.47. The fourth-order valence-electron chi connectivity index (χ4n) is 3.63. The average Bonchev–Trinajstić information content (AvgIpc) is 3.46. The highest BCUT2D eigenvalue weighted by atomic mass is 19.3. The summed E-state index contributed by atoms with van der Waals surface area (Å²) in [5.74, 6) is 1.10. The van der Waals surface area contributed by atoms with Gasteiger partial charge in [0, 0.05) is 31.0 Å². The first-order valence-corrected chi connectivity index (χ1v) is 9.50. The highest BCUT2D eigenvalue weighted by Crippen LogP contribution is 2.31. The number of morpholine rings is 1. The number of aromatic nitrogens is 6. The Morgan fingerprint density at radius 2 is 2.13 bits per heavy atom. The Hall–Kier alpha value is -3.91. The Bertz CT molecular complexity index is 1280. The number of hydrogen-bond acceptors (Lipinski definition) is 6. The van der Waals surface area contributed by atoms with Crippen molar-refractivity contribution < 1.29 is 13.5 Å². The van der Waals surface area contributed by atoms with Crippen molar-refractivity contribution in [3.8, 4) is 11.5 Å². The van der Waals surface area contributed by atoms with E-state index in [2.05, 4.69) is 30.0 Å². The Kier molecular flexibility index (Phi) is 4.76. The SMILES string of the molecule is [C-]#[N+]c1ccc2ncc(-c3nccc(N4CCOC(c5cn[nH]c5C(F)F)C4)n3)n2c1. The third-order valence-corrected chi connectivity index (χ3v) is 5.14. The van der Waals surface area contributed by atoms with Crippen LogP contribution >= 0.6 is 0 Å². The number of imidazole rings is 1. The first-order valence-electron chi connectivity index (χ1n) is 9.50. The number of aromatic amines is 1. The van der Waals surface area contributed by atoms with Crippen LogP contribution in [0.25, 0.3) is 22.0 Å². The van der Waals surface area contributed by atoms with E-state index in [1.165, 1.54) is 6.20 Å². The molecule has 0 amide bonds. The monoisotopic (exact) mass is 422 g/mol. The molecular weight excluding hydrogens is 406 g/mol. The Morgan fingerprint density at radius 1 is 1.23 bits per heavy atom. The van der Waals surface area contributed by atoms with Crippen LogP contribution in [-0.2, 0) is 4.74 Å². The number of halogens is 2. The van der Waals surface area contributed by atoms with Gasteiger partial charge in [-0.05, 0) is 12.1 Å². The van der Waals surface area contributed by atoms with Crippen molar-refractivity contribution in [3.05, 3.63) is 65.7 Å². The summed E-state index contributed by atoms with van der Waals surface area (Å²) >= 11 is 0. The zero-order chi connectivity index (χ0) is 21.4. The fraction of sp³-hybridized carbons (Fsp3) is 0.250. The van der Waals surface area contributed by atoms with E-state index in [1.54, 1.807) is 41.2 Å². The summed E-state index contributed by atoms with van der Waals surface area (Å²) in [6.07, 6.45) is 3.17. The summed E-state index contributed by atoms with van der Waals surface area (Å²) in [6.45, 7) is 8.50. The molecule has 1 aliphatic heterocycles. The molecule has 156 valence electrons. The summed E-state index contributed by atoms with van der Waals surface area (Å²) < 4.78 is 34.0. The minimum Gasteiger partial charge on any atom is -0.370 e. The van der Waals surface area contributed by atoms with Crippen molar-refractivity contribution in [2.45, 2.75) is 12.5 Å². The molecule has 5 rings (SSSR count). The van der Waals surface area contributed by atoms with Crippen molar-refractivity contribution in [1.82, 2.24) is 29.5 Å². The standard InChI is InChI=1S/C20H16F2N8O/c1-23-12-2-3-16-25-9-14(30(16)10-12)20-24-5-4-17(27-20)29-6-7-31-15(11-29)13-8-26-28-18(13)19(21)22/h2-5,8-10,15,19H,6-7,11H2,(H,26,28). The van der Waals surface area contributed by atoms with Crippen molar-refractivity contribution >= 4 is 17.2 Å². The second-order valence-electron chi connectivity index (χ2n) is 6.95. The number of hydrogen-bond donors (Lipinski definition) is 1. The minimum absolute atomic E-state index is 0.225. The van der Waals surface area contributed by atoms with Gasteiger partial charge in [-0.25, -0.2) is 28.6 Å². The normalized spacial score (nSPS) is 16.7. The topological polar surface area (TPSA) is 88.6 Å². The number of pyridine rings is 1. The summed E-state index contributed by atoms with van der Waals surface area (Å²) in [6, 6.07) is 5.23. The molecular formula is C20H16F2N8O. The molecule has 9 nitrogen and oxygen atoms in total. The molecule has 0 bridgehead atoms. The van der Waals surface area contributed by atoms with Gasteiger partial charge in [0.1, 0.15) is 29.0 Å². The number of nitrogens with zero attached hydrogens (tertiary/aromatic N) is 7. The smallest absolute Gasteiger partial charge is 0.280 e.